The number of aromatic hydroxyl groups is 1. The molecule has 0 aliphatic carbocycles. The topological polar surface area (TPSA) is 138 Å². The number of ketones is 2. The minimum absolute atomic E-state index is 0.00321. The molecule has 2 heterocycles. The van der Waals surface area contributed by atoms with Gasteiger partial charge in [-0.3, -0.25) is 24.4 Å². The molecule has 0 radical (unpaired) electrons. The number of benzene rings is 2. The highest BCUT2D eigenvalue weighted by Gasteiger charge is 2.16. The number of aromatic nitrogens is 1. The Labute approximate surface area is 274 Å². The van der Waals surface area contributed by atoms with Gasteiger partial charge in [-0.25, -0.2) is 0 Å². The van der Waals surface area contributed by atoms with E-state index in [-0.39, 0.29) is 49.3 Å². The number of nitrogens with one attached hydrogen (secondary N) is 1. The fourth-order valence-corrected chi connectivity index (χ4v) is 5.54. The van der Waals surface area contributed by atoms with Crippen LogP contribution < -0.4 is 5.32 Å². The number of carbonyl (C=O) groups excluding carboxylic acids is 3. The van der Waals surface area contributed by atoms with Gasteiger partial charge in [-0.05, 0) is 48.7 Å². The lowest BCUT2D eigenvalue weighted by molar-refractivity contribution is 0.0831. The van der Waals surface area contributed by atoms with Gasteiger partial charge in [0, 0.05) is 53.6 Å². The van der Waals surface area contributed by atoms with Crippen LogP contribution in [0.1, 0.15) is 62.1 Å². The average Bonchev–Trinajstić information content (AvgIpc) is 3.44. The van der Waals surface area contributed by atoms with Crippen LogP contribution in [-0.4, -0.2) is 64.7 Å². The number of aliphatic hydroxyl groups is 1. The van der Waals surface area contributed by atoms with Crippen molar-refractivity contribution in [3.63, 3.8) is 0 Å². The summed E-state index contributed by atoms with van der Waals surface area (Å²) in [5, 5.41) is 24.8. The Bertz CT molecular complexity index is 1690. The first-order chi connectivity index (χ1) is 21.7. The number of halogens is 2. The third kappa shape index (κ3) is 9.29. The van der Waals surface area contributed by atoms with Crippen molar-refractivity contribution in [2.75, 3.05) is 26.4 Å². The summed E-state index contributed by atoms with van der Waals surface area (Å²) < 4.78 is 5.17. The van der Waals surface area contributed by atoms with Gasteiger partial charge in [0.15, 0.2) is 11.6 Å². The molecule has 9 nitrogen and oxygen atoms in total. The molecule has 2 aromatic heterocycles. The van der Waals surface area contributed by atoms with Crippen molar-refractivity contribution in [3.8, 4) is 16.2 Å². The second kappa shape index (κ2) is 16.4. The number of rotatable bonds is 15. The average molecular weight is 669 g/mol. The second-order valence-corrected chi connectivity index (χ2v) is 11.6. The molecule has 0 spiro atoms. The molecule has 4 aromatic rings. The smallest absolute Gasteiger partial charge is 0.270 e. The van der Waals surface area contributed by atoms with Crippen molar-refractivity contribution < 1.29 is 29.3 Å². The fourth-order valence-electron chi connectivity index (χ4n) is 4.24. The summed E-state index contributed by atoms with van der Waals surface area (Å²) in [5.74, 6) is -0.654. The summed E-state index contributed by atoms with van der Waals surface area (Å²) in [4.78, 5) is 46.8. The predicted octanol–water partition coefficient (Wildman–Crippen LogP) is 6.42. The number of hydrogen-bond donors (Lipinski definition) is 3. The van der Waals surface area contributed by atoms with E-state index in [4.69, 9.17) is 33.0 Å². The number of thiophene rings is 1. The van der Waals surface area contributed by atoms with Gasteiger partial charge in [-0.2, -0.15) is 0 Å². The molecule has 45 heavy (non-hydrogen) atoms. The lowest BCUT2D eigenvalue weighted by Crippen LogP contribution is -2.24. The number of hydrogen-bond acceptors (Lipinski definition) is 9. The molecule has 1 amide bonds. The maximum atomic E-state index is 12.8. The van der Waals surface area contributed by atoms with Gasteiger partial charge in [0.1, 0.15) is 18.0 Å². The number of aliphatic hydroxyl groups excluding tert-OH is 1. The Morgan fingerprint density at radius 1 is 0.978 bits per heavy atom. The zero-order chi connectivity index (χ0) is 32.3. The molecule has 3 N–H and O–H groups in total. The summed E-state index contributed by atoms with van der Waals surface area (Å²) in [6.07, 6.45) is 2.25. The van der Waals surface area contributed by atoms with Crippen LogP contribution >= 0.6 is 34.5 Å². The molecule has 0 saturated heterocycles. The normalized spacial score (nSPS) is 11.4. The van der Waals surface area contributed by atoms with Gasteiger partial charge in [-0.1, -0.05) is 53.5 Å². The standard InChI is InChI=1S/C33H31Cl2N3O6S/c1-20(25-19-45-32(31(25)42)23-8-10-26(34)27(35)15-23)36-18-30(41)24-9-11-28(37-17-24)33(43)38-16-21-4-6-22(7-5-21)29(40)3-2-13-44-14-12-39/h4-11,15,17,19,39,42H,2-3,12-14,16,18H2,1H3,(H,38,43). The van der Waals surface area contributed by atoms with Crippen LogP contribution in [0.2, 0.25) is 10.0 Å². The van der Waals surface area contributed by atoms with Gasteiger partial charge in [0.2, 0.25) is 0 Å². The highest BCUT2D eigenvalue weighted by Crippen LogP contribution is 2.40. The molecule has 2 aromatic carbocycles. The maximum Gasteiger partial charge on any atom is 0.270 e. The van der Waals surface area contributed by atoms with Crippen LogP contribution in [0.3, 0.4) is 0 Å². The van der Waals surface area contributed by atoms with Crippen molar-refractivity contribution in [2.24, 2.45) is 4.99 Å². The lowest BCUT2D eigenvalue weighted by Gasteiger charge is -2.07. The van der Waals surface area contributed by atoms with E-state index >= 15 is 0 Å². The van der Waals surface area contributed by atoms with E-state index in [9.17, 15) is 19.5 Å². The third-order valence-corrected chi connectivity index (χ3v) is 8.53. The Hall–Kier alpha value is -3.93. The fraction of sp³-hybridized carbons (Fsp3) is 0.242. The van der Waals surface area contributed by atoms with Crippen molar-refractivity contribution in [1.29, 1.82) is 0 Å². The number of carbonyl (C=O) groups is 3. The van der Waals surface area contributed by atoms with Crippen LogP contribution in [0, 0.1) is 0 Å². The maximum absolute atomic E-state index is 12.8. The Morgan fingerprint density at radius 3 is 2.42 bits per heavy atom. The van der Waals surface area contributed by atoms with Crippen molar-refractivity contribution in [2.45, 2.75) is 26.3 Å². The molecule has 12 heteroatoms. The predicted molar refractivity (Wildman–Crippen MR) is 176 cm³/mol. The largest absolute Gasteiger partial charge is 0.506 e. The van der Waals surface area contributed by atoms with E-state index in [1.54, 1.807) is 54.8 Å². The highest BCUT2D eigenvalue weighted by molar-refractivity contribution is 7.14. The van der Waals surface area contributed by atoms with Crippen LogP contribution in [0.15, 0.2) is 71.2 Å². The molecule has 4 rings (SSSR count). The van der Waals surface area contributed by atoms with Crippen LogP contribution in [0.4, 0.5) is 0 Å². The van der Waals surface area contributed by atoms with Gasteiger partial charge in [-0.15, -0.1) is 11.3 Å². The van der Waals surface area contributed by atoms with Crippen LogP contribution in [0.25, 0.3) is 10.4 Å². The first-order valence-electron chi connectivity index (χ1n) is 14.0. The molecule has 234 valence electrons. The number of nitrogens with zero attached hydrogens (tertiary/aromatic N) is 2. The lowest BCUT2D eigenvalue weighted by atomic mass is 10.0. The van der Waals surface area contributed by atoms with Gasteiger partial charge >= 0.3 is 0 Å². The van der Waals surface area contributed by atoms with E-state index in [2.05, 4.69) is 15.3 Å². The number of aliphatic imine (C=N–C) groups is 1. The molecule has 0 bridgehead atoms. The summed E-state index contributed by atoms with van der Waals surface area (Å²) in [5.41, 5.74) is 3.57. The van der Waals surface area contributed by atoms with Crippen molar-refractivity contribution >= 4 is 57.7 Å². The van der Waals surface area contributed by atoms with E-state index in [1.807, 2.05) is 0 Å². The minimum atomic E-state index is -0.406. The first-order valence-corrected chi connectivity index (χ1v) is 15.7. The second-order valence-electron chi connectivity index (χ2n) is 9.96. The summed E-state index contributed by atoms with van der Waals surface area (Å²) in [6.45, 7) is 2.42. The summed E-state index contributed by atoms with van der Waals surface area (Å²) in [6, 6.07) is 15.1. The van der Waals surface area contributed by atoms with Crippen LogP contribution in [0.5, 0.6) is 5.75 Å². The van der Waals surface area contributed by atoms with E-state index < -0.39 is 5.91 Å². The quantitative estimate of drug-likeness (QED) is 0.0756. The SMILES string of the molecule is CC(=NCC(=O)c1ccc(C(=O)NCc2ccc(C(=O)CCCOCCO)cc2)nc1)c1csc(-c2ccc(Cl)c(Cl)c2)c1O. The monoisotopic (exact) mass is 667 g/mol. The number of amides is 1. The highest BCUT2D eigenvalue weighted by atomic mass is 35.5. The molecule has 0 saturated carbocycles. The third-order valence-electron chi connectivity index (χ3n) is 6.77. The molecule has 0 fully saturated rings. The summed E-state index contributed by atoms with van der Waals surface area (Å²) >= 11 is 13.4. The van der Waals surface area contributed by atoms with E-state index in [0.717, 1.165) is 11.1 Å². The molecular formula is C33H31Cl2N3O6S. The van der Waals surface area contributed by atoms with Crippen LogP contribution in [-0.2, 0) is 11.3 Å². The molecule has 0 aliphatic heterocycles. The minimum Gasteiger partial charge on any atom is -0.506 e. The van der Waals surface area contributed by atoms with Gasteiger partial charge in [0.25, 0.3) is 5.91 Å². The zero-order valence-corrected chi connectivity index (χ0v) is 26.7. The molecular weight excluding hydrogens is 637 g/mol. The molecule has 0 atom stereocenters. The number of Topliss-reactive ketones (excluding diaryl/α,β-unsaturated/α-hetero) is 2. The van der Waals surface area contributed by atoms with Gasteiger partial charge in [0.05, 0.1) is 28.1 Å². The van der Waals surface area contributed by atoms with Crippen molar-refractivity contribution in [1.82, 2.24) is 10.3 Å². The number of ether oxygens (including phenoxy) is 1. The van der Waals surface area contributed by atoms with E-state index in [0.29, 0.717) is 56.8 Å². The van der Waals surface area contributed by atoms with E-state index in [1.165, 1.54) is 29.7 Å². The zero-order valence-electron chi connectivity index (χ0n) is 24.4. The Balaban J connectivity index is 1.27. The molecule has 0 aliphatic rings. The van der Waals surface area contributed by atoms with Gasteiger partial charge < -0.3 is 20.3 Å². The number of pyridine rings is 1. The summed E-state index contributed by atoms with van der Waals surface area (Å²) in [7, 11) is 0. The van der Waals surface area contributed by atoms with Crippen molar-refractivity contribution in [3.05, 3.63) is 104 Å². The first kappa shape index (κ1) is 34.0. The Kier molecular flexibility index (Phi) is 12.4. The Morgan fingerprint density at radius 2 is 1.73 bits per heavy atom. The molecule has 0 unspecified atom stereocenters.